The van der Waals surface area contributed by atoms with Gasteiger partial charge in [-0.25, -0.2) is 14.4 Å². The fourth-order valence-electron chi connectivity index (χ4n) is 2.50. The van der Waals surface area contributed by atoms with Crippen molar-refractivity contribution in [2.24, 2.45) is 5.92 Å². The van der Waals surface area contributed by atoms with Gasteiger partial charge in [-0.05, 0) is 38.6 Å². The number of nitrogens with zero attached hydrogens (tertiary/aromatic N) is 3. The molecule has 27 heavy (non-hydrogen) atoms. The van der Waals surface area contributed by atoms with Gasteiger partial charge in [0.25, 0.3) is 5.91 Å². The Balaban J connectivity index is 2.00. The lowest BCUT2D eigenvalue weighted by atomic mass is 10.0. The molecule has 4 N–H and O–H groups in total. The molecule has 0 spiro atoms. The van der Waals surface area contributed by atoms with Gasteiger partial charge in [-0.2, -0.15) is 0 Å². The average molecular weight is 374 g/mol. The van der Waals surface area contributed by atoms with E-state index in [2.05, 4.69) is 15.3 Å². The molecule has 0 saturated heterocycles. The Hall–Kier alpha value is -3.07. The van der Waals surface area contributed by atoms with Crippen molar-refractivity contribution < 1.29 is 13.9 Å². The van der Waals surface area contributed by atoms with E-state index in [4.69, 9.17) is 15.9 Å². The van der Waals surface area contributed by atoms with Crippen molar-refractivity contribution in [2.75, 3.05) is 31.7 Å². The molecule has 0 aliphatic heterocycles. The number of benzene rings is 1. The summed E-state index contributed by atoms with van der Waals surface area (Å²) in [5.41, 5.74) is 5.73. The minimum Gasteiger partial charge on any atom is -0.436 e. The highest BCUT2D eigenvalue weighted by Crippen LogP contribution is 2.25. The van der Waals surface area contributed by atoms with Crippen molar-refractivity contribution in [3.8, 4) is 11.6 Å². The summed E-state index contributed by atoms with van der Waals surface area (Å²) in [6, 6.07) is 5.37. The second-order valence-electron chi connectivity index (χ2n) is 6.54. The molecule has 1 atom stereocenters. The van der Waals surface area contributed by atoms with Gasteiger partial charge in [0.15, 0.2) is 11.6 Å². The van der Waals surface area contributed by atoms with E-state index in [-0.39, 0.29) is 34.8 Å². The van der Waals surface area contributed by atoms with Crippen LogP contribution in [0.25, 0.3) is 0 Å². The van der Waals surface area contributed by atoms with Crippen molar-refractivity contribution in [2.45, 2.75) is 13.3 Å². The van der Waals surface area contributed by atoms with Crippen LogP contribution in [-0.2, 0) is 4.79 Å². The maximum atomic E-state index is 13.8. The van der Waals surface area contributed by atoms with Gasteiger partial charge in [0, 0.05) is 24.4 Å². The largest absolute Gasteiger partial charge is 0.436 e. The number of nitrogen functional groups attached to an aromatic ring is 1. The van der Waals surface area contributed by atoms with Crippen LogP contribution in [0.3, 0.4) is 0 Å². The predicted molar refractivity (Wildman–Crippen MR) is 102 cm³/mol. The van der Waals surface area contributed by atoms with E-state index in [0.717, 1.165) is 12.6 Å². The molecule has 0 bridgehead atoms. The first kappa shape index (κ1) is 20.2. The second kappa shape index (κ2) is 9.04. The Kier molecular flexibility index (Phi) is 6.78. The standard InChI is InChI=1S/C18H23FN6O2/c1-11(9-25(2)3)6-14(21)18(26)24-16-8-17(23-10-22-16)27-15-5-4-12(20)7-13(15)19/h4-5,7-8,10-11,21H,6,9,20H2,1-3H3,(H,22,23,24,26)/t11-/m0/s1. The van der Waals surface area contributed by atoms with Crippen molar-refractivity contribution in [1.29, 1.82) is 5.41 Å². The fraction of sp³-hybridized carbons (Fsp3) is 0.333. The number of amides is 1. The number of anilines is 2. The van der Waals surface area contributed by atoms with Crippen LogP contribution < -0.4 is 15.8 Å². The first-order chi connectivity index (χ1) is 12.7. The van der Waals surface area contributed by atoms with Crippen molar-refractivity contribution in [3.63, 3.8) is 0 Å². The lowest BCUT2D eigenvalue weighted by Crippen LogP contribution is -2.27. The van der Waals surface area contributed by atoms with Crippen LogP contribution in [0.1, 0.15) is 13.3 Å². The van der Waals surface area contributed by atoms with E-state index < -0.39 is 11.7 Å². The molecule has 0 aliphatic carbocycles. The molecule has 1 aromatic heterocycles. The molecule has 0 saturated carbocycles. The van der Waals surface area contributed by atoms with Gasteiger partial charge in [0.05, 0.1) is 5.71 Å². The molecule has 9 heteroatoms. The number of aromatic nitrogens is 2. The summed E-state index contributed by atoms with van der Waals surface area (Å²) in [5, 5.41) is 10.5. The zero-order valence-electron chi connectivity index (χ0n) is 15.5. The molecule has 2 rings (SSSR count). The summed E-state index contributed by atoms with van der Waals surface area (Å²) in [4.78, 5) is 22.0. The highest BCUT2D eigenvalue weighted by Gasteiger charge is 2.15. The Morgan fingerprint density at radius 2 is 2.11 bits per heavy atom. The van der Waals surface area contributed by atoms with Crippen LogP contribution >= 0.6 is 0 Å². The van der Waals surface area contributed by atoms with E-state index in [1.807, 2.05) is 25.9 Å². The van der Waals surface area contributed by atoms with Crippen molar-refractivity contribution >= 4 is 23.1 Å². The molecule has 144 valence electrons. The van der Waals surface area contributed by atoms with E-state index in [1.54, 1.807) is 0 Å². The molecule has 1 heterocycles. The van der Waals surface area contributed by atoms with Crippen LogP contribution in [-0.4, -0.2) is 47.1 Å². The second-order valence-corrected chi connectivity index (χ2v) is 6.54. The van der Waals surface area contributed by atoms with Gasteiger partial charge in [-0.1, -0.05) is 6.92 Å². The number of nitrogens with one attached hydrogen (secondary N) is 2. The van der Waals surface area contributed by atoms with Gasteiger partial charge in [0.2, 0.25) is 5.88 Å². The Morgan fingerprint density at radius 1 is 1.37 bits per heavy atom. The third-order valence-electron chi connectivity index (χ3n) is 3.56. The third kappa shape index (κ3) is 6.30. The maximum Gasteiger partial charge on any atom is 0.270 e. The molecular weight excluding hydrogens is 351 g/mol. The van der Waals surface area contributed by atoms with Crippen LogP contribution in [0.15, 0.2) is 30.6 Å². The molecule has 1 aromatic carbocycles. The number of hydrogen-bond donors (Lipinski definition) is 3. The number of carbonyl (C=O) groups is 1. The first-order valence-electron chi connectivity index (χ1n) is 8.33. The molecule has 1 amide bonds. The summed E-state index contributed by atoms with van der Waals surface area (Å²) >= 11 is 0. The highest BCUT2D eigenvalue weighted by molar-refractivity contribution is 6.41. The van der Waals surface area contributed by atoms with Crippen LogP contribution in [0.2, 0.25) is 0 Å². The number of nitrogens with two attached hydrogens (primary N) is 1. The van der Waals surface area contributed by atoms with Gasteiger partial charge < -0.3 is 20.7 Å². The fourth-order valence-corrected chi connectivity index (χ4v) is 2.50. The number of carbonyl (C=O) groups excluding carboxylic acids is 1. The monoisotopic (exact) mass is 374 g/mol. The summed E-state index contributed by atoms with van der Waals surface area (Å²) in [7, 11) is 3.87. The van der Waals surface area contributed by atoms with E-state index in [1.165, 1.54) is 24.5 Å². The van der Waals surface area contributed by atoms with Crippen molar-refractivity contribution in [1.82, 2.24) is 14.9 Å². The lowest BCUT2D eigenvalue weighted by molar-refractivity contribution is -0.110. The number of rotatable bonds is 8. The summed E-state index contributed by atoms with van der Waals surface area (Å²) in [6.45, 7) is 2.74. The molecule has 0 fully saturated rings. The summed E-state index contributed by atoms with van der Waals surface area (Å²) < 4.78 is 19.2. The zero-order valence-corrected chi connectivity index (χ0v) is 15.5. The maximum absolute atomic E-state index is 13.8. The minimum atomic E-state index is -0.629. The highest BCUT2D eigenvalue weighted by atomic mass is 19.1. The normalized spacial score (nSPS) is 11.9. The minimum absolute atomic E-state index is 0.0463. The quantitative estimate of drug-likeness (QED) is 0.483. The van der Waals surface area contributed by atoms with Crippen LogP contribution in [0.5, 0.6) is 11.6 Å². The third-order valence-corrected chi connectivity index (χ3v) is 3.56. The first-order valence-corrected chi connectivity index (χ1v) is 8.33. The van der Waals surface area contributed by atoms with Gasteiger partial charge in [-0.15, -0.1) is 0 Å². The Labute approximate surface area is 157 Å². The van der Waals surface area contributed by atoms with Gasteiger partial charge >= 0.3 is 0 Å². The number of ether oxygens (including phenoxy) is 1. The SMILES string of the molecule is C[C@@H](CC(=N)C(=O)Nc1cc(Oc2ccc(N)cc2F)ncn1)CN(C)C. The topological polar surface area (TPSA) is 117 Å². The Morgan fingerprint density at radius 3 is 2.78 bits per heavy atom. The van der Waals surface area contributed by atoms with Crippen LogP contribution in [0.4, 0.5) is 15.9 Å². The Bertz CT molecular complexity index is 827. The predicted octanol–water partition coefficient (Wildman–Crippen LogP) is 2.54. The smallest absolute Gasteiger partial charge is 0.270 e. The van der Waals surface area contributed by atoms with Crippen LogP contribution in [0, 0.1) is 17.1 Å². The molecule has 0 radical (unpaired) electrons. The average Bonchev–Trinajstić information content (AvgIpc) is 2.57. The number of hydrogen-bond acceptors (Lipinski definition) is 7. The molecule has 0 aliphatic rings. The van der Waals surface area contributed by atoms with E-state index >= 15 is 0 Å². The molecule has 0 unspecified atom stereocenters. The molecular formula is C18H23FN6O2. The summed E-state index contributed by atoms with van der Waals surface area (Å²) in [6.07, 6.45) is 1.52. The van der Waals surface area contributed by atoms with E-state index in [9.17, 15) is 9.18 Å². The van der Waals surface area contributed by atoms with Gasteiger partial charge in [0.1, 0.15) is 12.1 Å². The van der Waals surface area contributed by atoms with E-state index in [0.29, 0.717) is 6.42 Å². The van der Waals surface area contributed by atoms with Gasteiger partial charge in [-0.3, -0.25) is 10.2 Å². The zero-order chi connectivity index (χ0) is 20.0. The summed E-state index contributed by atoms with van der Waals surface area (Å²) in [5.74, 6) is -0.858. The lowest BCUT2D eigenvalue weighted by Gasteiger charge is -2.16. The molecule has 2 aromatic rings. The molecule has 8 nitrogen and oxygen atoms in total. The number of halogens is 1. The van der Waals surface area contributed by atoms with Crippen molar-refractivity contribution in [3.05, 3.63) is 36.4 Å².